The number of ether oxygens (including phenoxy) is 1. The van der Waals surface area contributed by atoms with E-state index in [0.29, 0.717) is 28.5 Å². The van der Waals surface area contributed by atoms with Crippen LogP contribution in [0.25, 0.3) is 11.6 Å². The van der Waals surface area contributed by atoms with E-state index in [1.54, 1.807) is 45.8 Å². The van der Waals surface area contributed by atoms with E-state index in [-0.39, 0.29) is 24.0 Å². The quantitative estimate of drug-likeness (QED) is 0.611. The number of aryl methyl sites for hydroxylation is 1. The van der Waals surface area contributed by atoms with Crippen molar-refractivity contribution in [3.8, 4) is 6.07 Å². The van der Waals surface area contributed by atoms with Crippen molar-refractivity contribution >= 4 is 29.5 Å². The van der Waals surface area contributed by atoms with Gasteiger partial charge in [-0.15, -0.1) is 0 Å². The summed E-state index contributed by atoms with van der Waals surface area (Å²) in [6.07, 6.45) is 1.58. The molecule has 0 fully saturated rings. The van der Waals surface area contributed by atoms with Gasteiger partial charge in [-0.25, -0.2) is 4.79 Å². The lowest BCUT2D eigenvalue weighted by Crippen LogP contribution is -2.15. The molecule has 0 aliphatic heterocycles. The number of nitrogens with one attached hydrogen (secondary N) is 1. The van der Waals surface area contributed by atoms with Crippen molar-refractivity contribution in [2.75, 3.05) is 31.3 Å². The molecule has 3 N–H and O–H groups in total. The molecule has 136 valence electrons. The van der Waals surface area contributed by atoms with E-state index < -0.39 is 5.97 Å². The Morgan fingerprint density at radius 3 is 2.62 bits per heavy atom. The van der Waals surface area contributed by atoms with E-state index in [0.717, 1.165) is 0 Å². The maximum Gasteiger partial charge on any atom is 0.340 e. The van der Waals surface area contributed by atoms with Gasteiger partial charge in [0.15, 0.2) is 5.82 Å². The van der Waals surface area contributed by atoms with Crippen molar-refractivity contribution in [3.05, 3.63) is 28.3 Å². The first-order valence-electron chi connectivity index (χ1n) is 7.95. The number of nitrogens with two attached hydrogens (primary N) is 1. The number of esters is 1. The van der Waals surface area contributed by atoms with Crippen LogP contribution in [0.3, 0.4) is 0 Å². The van der Waals surface area contributed by atoms with Gasteiger partial charge in [-0.2, -0.15) is 20.2 Å². The Morgan fingerprint density at radius 2 is 2.04 bits per heavy atom. The largest absolute Gasteiger partial charge is 0.462 e. The number of carbonyl (C=O) groups is 1. The van der Waals surface area contributed by atoms with Crippen LogP contribution in [-0.2, 0) is 4.74 Å². The van der Waals surface area contributed by atoms with Gasteiger partial charge in [0.1, 0.15) is 6.07 Å². The Kier molecular flexibility index (Phi) is 5.57. The first kappa shape index (κ1) is 18.9. The Labute approximate surface area is 151 Å². The molecule has 0 amide bonds. The lowest BCUT2D eigenvalue weighted by molar-refractivity contribution is 0.0525. The second kappa shape index (κ2) is 7.65. The fraction of sp³-hybridized carbons (Fsp3) is 0.353. The number of nitrogens with zero attached hydrogens (tertiary/aromatic N) is 5. The van der Waals surface area contributed by atoms with E-state index in [1.807, 2.05) is 0 Å². The van der Waals surface area contributed by atoms with Crippen molar-refractivity contribution < 1.29 is 9.53 Å². The van der Waals surface area contributed by atoms with Crippen LogP contribution in [0.4, 0.5) is 11.9 Å². The number of hydrogen-bond donors (Lipinski definition) is 2. The van der Waals surface area contributed by atoms with Crippen LogP contribution in [0.2, 0.25) is 0 Å². The van der Waals surface area contributed by atoms with Crippen LogP contribution in [0, 0.1) is 25.2 Å². The van der Waals surface area contributed by atoms with E-state index in [4.69, 9.17) is 10.5 Å². The lowest BCUT2D eigenvalue weighted by Gasteiger charge is -2.10. The van der Waals surface area contributed by atoms with Crippen molar-refractivity contribution in [3.63, 3.8) is 0 Å². The van der Waals surface area contributed by atoms with Crippen LogP contribution in [0.15, 0.2) is 0 Å². The number of rotatable bonds is 5. The molecular formula is C17H21N7O2. The van der Waals surface area contributed by atoms with Gasteiger partial charge in [0, 0.05) is 25.5 Å². The molecule has 9 heteroatoms. The molecular weight excluding hydrogens is 334 g/mol. The Morgan fingerprint density at radius 1 is 1.35 bits per heavy atom. The number of allylic oxidation sites excluding steroid dienone is 1. The van der Waals surface area contributed by atoms with E-state index >= 15 is 0 Å². The normalized spacial score (nSPS) is 11.2. The molecule has 0 saturated heterocycles. The fourth-order valence-electron chi connectivity index (χ4n) is 2.42. The Balaban J connectivity index is 2.53. The van der Waals surface area contributed by atoms with E-state index in [2.05, 4.69) is 26.0 Å². The summed E-state index contributed by atoms with van der Waals surface area (Å²) in [5.74, 6) is 0.121. The van der Waals surface area contributed by atoms with Gasteiger partial charge in [-0.3, -0.25) is 0 Å². The van der Waals surface area contributed by atoms with Crippen LogP contribution in [-0.4, -0.2) is 46.6 Å². The minimum Gasteiger partial charge on any atom is -0.462 e. The lowest BCUT2D eigenvalue weighted by atomic mass is 10.1. The summed E-state index contributed by atoms with van der Waals surface area (Å²) in [5.41, 5.74) is 8.32. The van der Waals surface area contributed by atoms with Gasteiger partial charge in [0.25, 0.3) is 0 Å². The van der Waals surface area contributed by atoms with Gasteiger partial charge >= 0.3 is 5.97 Å². The van der Waals surface area contributed by atoms with Crippen molar-refractivity contribution in [1.29, 1.82) is 5.26 Å². The number of H-pyrrole nitrogens is 1. The molecule has 0 spiro atoms. The first-order chi connectivity index (χ1) is 12.3. The smallest absolute Gasteiger partial charge is 0.340 e. The number of aromatic nitrogens is 4. The maximum absolute atomic E-state index is 12.1. The highest BCUT2D eigenvalue weighted by Crippen LogP contribution is 2.23. The highest BCUT2D eigenvalue weighted by atomic mass is 16.5. The molecule has 0 atom stereocenters. The monoisotopic (exact) mass is 355 g/mol. The van der Waals surface area contributed by atoms with E-state index in [1.165, 1.54) is 0 Å². The average Bonchev–Trinajstić information content (AvgIpc) is 2.85. The second-order valence-corrected chi connectivity index (χ2v) is 5.77. The van der Waals surface area contributed by atoms with Gasteiger partial charge in [-0.1, -0.05) is 0 Å². The van der Waals surface area contributed by atoms with Crippen LogP contribution < -0.4 is 10.6 Å². The van der Waals surface area contributed by atoms with E-state index in [9.17, 15) is 10.1 Å². The van der Waals surface area contributed by atoms with Gasteiger partial charge in [0.2, 0.25) is 11.9 Å². The number of carbonyl (C=O) groups excluding carboxylic acids is 1. The molecule has 0 radical (unpaired) electrons. The zero-order chi connectivity index (χ0) is 19.4. The molecule has 2 rings (SSSR count). The SMILES string of the molecule is CCOC(=O)c1c(C)[nH]c(C=C(C#N)c2nc(N)nc(N(C)C)n2)c1C. The molecule has 2 aromatic rings. The van der Waals surface area contributed by atoms with Gasteiger partial charge in [0.05, 0.1) is 17.7 Å². The van der Waals surface area contributed by atoms with Crippen LogP contribution in [0.1, 0.15) is 40.1 Å². The third kappa shape index (κ3) is 3.80. The summed E-state index contributed by atoms with van der Waals surface area (Å²) < 4.78 is 5.08. The molecule has 0 saturated carbocycles. The molecule has 2 heterocycles. The number of anilines is 2. The zero-order valence-electron chi connectivity index (χ0n) is 15.4. The van der Waals surface area contributed by atoms with Crippen molar-refractivity contribution in [1.82, 2.24) is 19.9 Å². The molecule has 2 aromatic heterocycles. The van der Waals surface area contributed by atoms with Crippen LogP contribution >= 0.6 is 0 Å². The fourth-order valence-corrected chi connectivity index (χ4v) is 2.42. The third-order valence-corrected chi connectivity index (χ3v) is 3.65. The third-order valence-electron chi connectivity index (χ3n) is 3.65. The highest BCUT2D eigenvalue weighted by molar-refractivity contribution is 5.95. The summed E-state index contributed by atoms with van der Waals surface area (Å²) in [7, 11) is 3.52. The van der Waals surface area contributed by atoms with Crippen molar-refractivity contribution in [2.24, 2.45) is 0 Å². The zero-order valence-corrected chi connectivity index (χ0v) is 15.4. The minimum atomic E-state index is -0.406. The summed E-state index contributed by atoms with van der Waals surface area (Å²) >= 11 is 0. The molecule has 0 aliphatic carbocycles. The maximum atomic E-state index is 12.1. The molecule has 0 aromatic carbocycles. The predicted molar refractivity (Wildman–Crippen MR) is 98.3 cm³/mol. The first-order valence-corrected chi connectivity index (χ1v) is 7.95. The summed E-state index contributed by atoms with van der Waals surface area (Å²) in [4.78, 5) is 29.2. The van der Waals surface area contributed by atoms with Gasteiger partial charge in [-0.05, 0) is 32.4 Å². The molecule has 0 bridgehead atoms. The average molecular weight is 355 g/mol. The number of aromatic amines is 1. The van der Waals surface area contributed by atoms with Crippen molar-refractivity contribution in [2.45, 2.75) is 20.8 Å². The molecule has 0 unspecified atom stereocenters. The molecule has 9 nitrogen and oxygen atoms in total. The van der Waals surface area contributed by atoms with Gasteiger partial charge < -0.3 is 20.4 Å². The van der Waals surface area contributed by atoms with Crippen LogP contribution in [0.5, 0.6) is 0 Å². The standard InChI is InChI=1S/C17H21N7O2/c1-6-26-15(25)13-9(2)12(20-10(13)3)7-11(8-18)14-21-16(19)23-17(22-14)24(4)5/h7,20H,6H2,1-5H3,(H2,19,21,22,23). The molecule has 0 aliphatic rings. The number of hydrogen-bond acceptors (Lipinski definition) is 8. The Bertz CT molecular complexity index is 907. The number of nitrogen functional groups attached to an aromatic ring is 1. The summed E-state index contributed by atoms with van der Waals surface area (Å²) in [6, 6.07) is 2.07. The summed E-state index contributed by atoms with van der Waals surface area (Å²) in [5, 5.41) is 9.54. The highest BCUT2D eigenvalue weighted by Gasteiger charge is 2.19. The summed E-state index contributed by atoms with van der Waals surface area (Å²) in [6.45, 7) is 5.59. The minimum absolute atomic E-state index is 0.0199. The molecule has 26 heavy (non-hydrogen) atoms. The second-order valence-electron chi connectivity index (χ2n) is 5.77. The Hall–Kier alpha value is -3.41. The number of nitriles is 1. The predicted octanol–water partition coefficient (Wildman–Crippen LogP) is 1.71. The topological polar surface area (TPSA) is 134 Å².